The van der Waals surface area contributed by atoms with Gasteiger partial charge in [0, 0.05) is 18.9 Å². The predicted octanol–water partition coefficient (Wildman–Crippen LogP) is 2.48. The second-order valence-electron chi connectivity index (χ2n) is 3.92. The van der Waals surface area contributed by atoms with Gasteiger partial charge in [0.2, 0.25) is 5.95 Å². The molecule has 1 atom stereocenters. The number of hydrogen-bond donors (Lipinski definition) is 2. The Bertz CT molecular complexity index is 486. The van der Waals surface area contributed by atoms with E-state index in [0.29, 0.717) is 5.95 Å². The molecular weight excluding hydrogens is 226 g/mol. The standard InChI is InChI=1S/C13H17N5/c1-3-14-13-16-9-7-12(18-13)17-10(2)11-6-4-5-8-15-11/h4-10H,3H2,1-2H3,(H2,14,16,17,18). The summed E-state index contributed by atoms with van der Waals surface area (Å²) < 4.78 is 0. The first-order valence-corrected chi connectivity index (χ1v) is 6.04. The number of rotatable bonds is 5. The molecule has 5 nitrogen and oxygen atoms in total. The number of aromatic nitrogens is 3. The maximum Gasteiger partial charge on any atom is 0.224 e. The van der Waals surface area contributed by atoms with Crippen molar-refractivity contribution in [2.75, 3.05) is 17.2 Å². The van der Waals surface area contributed by atoms with E-state index < -0.39 is 0 Å². The lowest BCUT2D eigenvalue weighted by atomic mass is 10.2. The van der Waals surface area contributed by atoms with E-state index in [2.05, 4.69) is 32.5 Å². The molecule has 0 bridgehead atoms. The smallest absolute Gasteiger partial charge is 0.224 e. The normalized spacial score (nSPS) is 11.9. The fourth-order valence-corrected chi connectivity index (χ4v) is 1.61. The summed E-state index contributed by atoms with van der Waals surface area (Å²) in [5, 5.41) is 6.39. The monoisotopic (exact) mass is 243 g/mol. The molecule has 1 unspecified atom stereocenters. The highest BCUT2D eigenvalue weighted by atomic mass is 15.1. The molecule has 0 aliphatic heterocycles. The largest absolute Gasteiger partial charge is 0.362 e. The van der Waals surface area contributed by atoms with Gasteiger partial charge in [0.25, 0.3) is 0 Å². The van der Waals surface area contributed by atoms with E-state index in [1.807, 2.05) is 31.2 Å². The Balaban J connectivity index is 2.07. The van der Waals surface area contributed by atoms with Crippen LogP contribution in [0, 0.1) is 0 Å². The number of pyridine rings is 1. The Kier molecular flexibility index (Phi) is 4.06. The van der Waals surface area contributed by atoms with Crippen LogP contribution in [0.25, 0.3) is 0 Å². The van der Waals surface area contributed by atoms with Gasteiger partial charge in [-0.05, 0) is 32.0 Å². The highest BCUT2D eigenvalue weighted by molar-refractivity contribution is 5.41. The molecule has 0 amide bonds. The summed E-state index contributed by atoms with van der Waals surface area (Å²) in [6.07, 6.45) is 3.52. The molecule has 5 heteroatoms. The van der Waals surface area contributed by atoms with Gasteiger partial charge in [-0.2, -0.15) is 4.98 Å². The molecule has 94 valence electrons. The molecule has 0 radical (unpaired) electrons. The maximum atomic E-state index is 4.37. The summed E-state index contributed by atoms with van der Waals surface area (Å²) in [7, 11) is 0. The minimum atomic E-state index is 0.107. The first-order chi connectivity index (χ1) is 8.79. The van der Waals surface area contributed by atoms with E-state index in [0.717, 1.165) is 18.1 Å². The van der Waals surface area contributed by atoms with Crippen LogP contribution in [-0.2, 0) is 0 Å². The summed E-state index contributed by atoms with van der Waals surface area (Å²) in [5.41, 5.74) is 0.987. The predicted molar refractivity (Wildman–Crippen MR) is 72.5 cm³/mol. The van der Waals surface area contributed by atoms with Crippen molar-refractivity contribution in [1.29, 1.82) is 0 Å². The van der Waals surface area contributed by atoms with Crippen LogP contribution < -0.4 is 10.6 Å². The van der Waals surface area contributed by atoms with E-state index in [-0.39, 0.29) is 6.04 Å². The molecule has 2 aromatic rings. The number of nitrogens with zero attached hydrogens (tertiary/aromatic N) is 3. The van der Waals surface area contributed by atoms with Crippen LogP contribution in [0.1, 0.15) is 25.6 Å². The molecule has 2 aromatic heterocycles. The fourth-order valence-electron chi connectivity index (χ4n) is 1.61. The van der Waals surface area contributed by atoms with Crippen molar-refractivity contribution in [2.24, 2.45) is 0 Å². The number of anilines is 2. The Morgan fingerprint density at radius 2 is 2.06 bits per heavy atom. The fraction of sp³-hybridized carbons (Fsp3) is 0.308. The minimum absolute atomic E-state index is 0.107. The summed E-state index contributed by atoms with van der Waals surface area (Å²) in [6.45, 7) is 4.87. The lowest BCUT2D eigenvalue weighted by Crippen LogP contribution is -2.11. The maximum absolute atomic E-state index is 4.37. The van der Waals surface area contributed by atoms with Crippen LogP contribution >= 0.6 is 0 Å². The van der Waals surface area contributed by atoms with Crippen molar-refractivity contribution in [3.8, 4) is 0 Å². The first kappa shape index (κ1) is 12.3. The molecule has 0 saturated carbocycles. The van der Waals surface area contributed by atoms with Crippen molar-refractivity contribution >= 4 is 11.8 Å². The average Bonchev–Trinajstić information content (AvgIpc) is 2.40. The molecule has 2 heterocycles. The summed E-state index contributed by atoms with van der Waals surface area (Å²) in [6, 6.07) is 7.83. The molecule has 0 saturated heterocycles. The van der Waals surface area contributed by atoms with Crippen LogP contribution in [0.2, 0.25) is 0 Å². The van der Waals surface area contributed by atoms with Gasteiger partial charge in [0.15, 0.2) is 0 Å². The van der Waals surface area contributed by atoms with Gasteiger partial charge in [-0.3, -0.25) is 4.98 Å². The van der Waals surface area contributed by atoms with E-state index in [4.69, 9.17) is 0 Å². The zero-order valence-corrected chi connectivity index (χ0v) is 10.6. The molecule has 18 heavy (non-hydrogen) atoms. The third-order valence-corrected chi connectivity index (χ3v) is 2.49. The van der Waals surface area contributed by atoms with E-state index in [1.54, 1.807) is 12.4 Å². The molecular formula is C13H17N5. The van der Waals surface area contributed by atoms with Crippen LogP contribution in [0.3, 0.4) is 0 Å². The third kappa shape index (κ3) is 3.16. The van der Waals surface area contributed by atoms with E-state index >= 15 is 0 Å². The van der Waals surface area contributed by atoms with Crippen LogP contribution in [-0.4, -0.2) is 21.5 Å². The summed E-state index contributed by atoms with van der Waals surface area (Å²) in [4.78, 5) is 12.8. The van der Waals surface area contributed by atoms with Crippen molar-refractivity contribution in [3.63, 3.8) is 0 Å². The van der Waals surface area contributed by atoms with Crippen molar-refractivity contribution in [3.05, 3.63) is 42.4 Å². The lowest BCUT2D eigenvalue weighted by molar-refractivity contribution is 0.830. The first-order valence-electron chi connectivity index (χ1n) is 6.04. The van der Waals surface area contributed by atoms with Gasteiger partial charge in [0.1, 0.15) is 5.82 Å². The van der Waals surface area contributed by atoms with Gasteiger partial charge < -0.3 is 10.6 Å². The van der Waals surface area contributed by atoms with Gasteiger partial charge in [0.05, 0.1) is 11.7 Å². The van der Waals surface area contributed by atoms with Crippen molar-refractivity contribution in [2.45, 2.75) is 19.9 Å². The van der Waals surface area contributed by atoms with E-state index in [1.165, 1.54) is 0 Å². The van der Waals surface area contributed by atoms with Gasteiger partial charge in [-0.15, -0.1) is 0 Å². The number of hydrogen-bond acceptors (Lipinski definition) is 5. The molecule has 2 rings (SSSR count). The molecule has 2 N–H and O–H groups in total. The molecule has 0 aliphatic rings. The van der Waals surface area contributed by atoms with Crippen molar-refractivity contribution < 1.29 is 0 Å². The topological polar surface area (TPSA) is 62.7 Å². The van der Waals surface area contributed by atoms with Crippen molar-refractivity contribution in [1.82, 2.24) is 15.0 Å². The van der Waals surface area contributed by atoms with Gasteiger partial charge in [-0.1, -0.05) is 6.07 Å². The zero-order valence-electron chi connectivity index (χ0n) is 10.6. The Labute approximate surface area is 107 Å². The van der Waals surface area contributed by atoms with Gasteiger partial charge in [-0.25, -0.2) is 4.98 Å². The third-order valence-electron chi connectivity index (χ3n) is 2.49. The van der Waals surface area contributed by atoms with Crippen LogP contribution in [0.15, 0.2) is 36.7 Å². The second kappa shape index (κ2) is 5.95. The van der Waals surface area contributed by atoms with Crippen LogP contribution in [0.5, 0.6) is 0 Å². The zero-order chi connectivity index (χ0) is 12.8. The Hall–Kier alpha value is -2.17. The quantitative estimate of drug-likeness (QED) is 0.844. The molecule has 0 aliphatic carbocycles. The Morgan fingerprint density at radius 3 is 2.78 bits per heavy atom. The van der Waals surface area contributed by atoms with Crippen LogP contribution in [0.4, 0.5) is 11.8 Å². The summed E-state index contributed by atoms with van der Waals surface area (Å²) >= 11 is 0. The average molecular weight is 243 g/mol. The lowest BCUT2D eigenvalue weighted by Gasteiger charge is -2.14. The highest BCUT2D eigenvalue weighted by Gasteiger charge is 2.07. The molecule has 0 spiro atoms. The molecule has 0 fully saturated rings. The SMILES string of the molecule is CCNc1nccc(NC(C)c2ccccn2)n1. The summed E-state index contributed by atoms with van der Waals surface area (Å²) in [5.74, 6) is 1.43. The Morgan fingerprint density at radius 1 is 1.17 bits per heavy atom. The minimum Gasteiger partial charge on any atom is -0.362 e. The van der Waals surface area contributed by atoms with E-state index in [9.17, 15) is 0 Å². The molecule has 0 aromatic carbocycles. The second-order valence-corrected chi connectivity index (χ2v) is 3.92. The van der Waals surface area contributed by atoms with Gasteiger partial charge >= 0.3 is 0 Å². The number of nitrogens with one attached hydrogen (secondary N) is 2. The highest BCUT2D eigenvalue weighted by Crippen LogP contribution is 2.15.